The minimum atomic E-state index is -0.375. The zero-order valence-corrected chi connectivity index (χ0v) is 18.2. The predicted octanol–water partition coefficient (Wildman–Crippen LogP) is 4.15. The van der Waals surface area contributed by atoms with Crippen LogP contribution in [-0.2, 0) is 27.4 Å². The number of carbonyl (C=O) groups excluding carboxylic acids is 2. The van der Waals surface area contributed by atoms with Crippen molar-refractivity contribution >= 4 is 28.9 Å². The summed E-state index contributed by atoms with van der Waals surface area (Å²) in [5.74, 6) is 0.876. The molecule has 1 amide bonds. The SMILES string of the molecule is COc1ccc(OCCC(=O)OCc2csc(CC(=O)Nc3ccc(C)cc3)n2)cc1. The maximum Gasteiger partial charge on any atom is 0.309 e. The molecule has 8 heteroatoms. The second-order valence-corrected chi connectivity index (χ2v) is 7.70. The highest BCUT2D eigenvalue weighted by molar-refractivity contribution is 7.09. The van der Waals surface area contributed by atoms with Gasteiger partial charge in [-0.05, 0) is 43.3 Å². The van der Waals surface area contributed by atoms with Crippen molar-refractivity contribution in [1.82, 2.24) is 4.98 Å². The lowest BCUT2D eigenvalue weighted by atomic mass is 10.2. The molecular weight excluding hydrogens is 416 g/mol. The molecule has 31 heavy (non-hydrogen) atoms. The van der Waals surface area contributed by atoms with Crippen molar-refractivity contribution in [1.29, 1.82) is 0 Å². The molecule has 0 aliphatic carbocycles. The summed E-state index contributed by atoms with van der Waals surface area (Å²) in [6.45, 7) is 2.27. The number of methoxy groups -OCH3 is 1. The van der Waals surface area contributed by atoms with Crippen molar-refractivity contribution in [2.45, 2.75) is 26.4 Å². The monoisotopic (exact) mass is 440 g/mol. The number of nitrogens with one attached hydrogen (secondary N) is 1. The Bertz CT molecular complexity index is 1000. The molecule has 0 atom stereocenters. The van der Waals surface area contributed by atoms with Crippen molar-refractivity contribution in [3.63, 3.8) is 0 Å². The Morgan fingerprint density at radius 3 is 2.45 bits per heavy atom. The van der Waals surface area contributed by atoms with Crippen LogP contribution in [-0.4, -0.2) is 30.6 Å². The Balaban J connectivity index is 1.36. The Morgan fingerprint density at radius 1 is 1.03 bits per heavy atom. The zero-order chi connectivity index (χ0) is 22.1. The van der Waals surface area contributed by atoms with Crippen molar-refractivity contribution in [3.8, 4) is 11.5 Å². The van der Waals surface area contributed by atoms with Gasteiger partial charge in [-0.25, -0.2) is 4.98 Å². The molecule has 162 valence electrons. The van der Waals surface area contributed by atoms with E-state index in [1.165, 1.54) is 11.3 Å². The van der Waals surface area contributed by atoms with E-state index in [9.17, 15) is 9.59 Å². The standard InChI is InChI=1S/C23H24N2O5S/c1-16-3-5-17(6-4-16)24-21(26)13-22-25-18(15-31-22)14-30-23(27)11-12-29-20-9-7-19(28-2)8-10-20/h3-10,15H,11-14H2,1-2H3,(H,24,26). The Hall–Kier alpha value is -3.39. The number of esters is 1. The first-order chi connectivity index (χ1) is 15.0. The second-order valence-electron chi connectivity index (χ2n) is 6.76. The van der Waals surface area contributed by atoms with Crippen LogP contribution in [0.15, 0.2) is 53.9 Å². The summed E-state index contributed by atoms with van der Waals surface area (Å²) in [4.78, 5) is 28.4. The molecule has 1 N–H and O–H groups in total. The molecule has 0 saturated heterocycles. The lowest BCUT2D eigenvalue weighted by Gasteiger charge is -2.07. The first kappa shape index (κ1) is 22.3. The van der Waals surface area contributed by atoms with E-state index >= 15 is 0 Å². The molecule has 0 unspecified atom stereocenters. The van der Waals surface area contributed by atoms with Gasteiger partial charge in [0.15, 0.2) is 0 Å². The molecule has 0 aliphatic rings. The molecule has 0 aliphatic heterocycles. The smallest absolute Gasteiger partial charge is 0.309 e. The van der Waals surface area contributed by atoms with Crippen LogP contribution in [0.3, 0.4) is 0 Å². The number of nitrogens with zero attached hydrogens (tertiary/aromatic N) is 1. The highest BCUT2D eigenvalue weighted by atomic mass is 32.1. The van der Waals surface area contributed by atoms with Crippen LogP contribution in [0, 0.1) is 6.92 Å². The van der Waals surface area contributed by atoms with Crippen LogP contribution in [0.2, 0.25) is 0 Å². The Labute approximate surface area is 185 Å². The van der Waals surface area contributed by atoms with Gasteiger partial charge in [0.2, 0.25) is 5.91 Å². The average Bonchev–Trinajstić information content (AvgIpc) is 3.21. The van der Waals surface area contributed by atoms with Gasteiger partial charge in [-0.2, -0.15) is 0 Å². The minimum absolute atomic E-state index is 0.0669. The maximum atomic E-state index is 12.2. The van der Waals surface area contributed by atoms with E-state index in [1.54, 1.807) is 36.8 Å². The summed E-state index contributed by atoms with van der Waals surface area (Å²) in [5, 5.41) is 5.29. The molecule has 0 fully saturated rings. The van der Waals surface area contributed by atoms with Gasteiger partial charge in [-0.1, -0.05) is 17.7 Å². The summed E-state index contributed by atoms with van der Waals surface area (Å²) >= 11 is 1.36. The van der Waals surface area contributed by atoms with Crippen molar-refractivity contribution in [3.05, 3.63) is 70.2 Å². The quantitative estimate of drug-likeness (QED) is 0.477. The fourth-order valence-electron chi connectivity index (χ4n) is 2.63. The first-order valence-corrected chi connectivity index (χ1v) is 10.6. The zero-order valence-electron chi connectivity index (χ0n) is 17.4. The number of anilines is 1. The van der Waals surface area contributed by atoms with Gasteiger partial charge in [-0.3, -0.25) is 9.59 Å². The van der Waals surface area contributed by atoms with Crippen molar-refractivity contribution < 1.29 is 23.8 Å². The molecule has 0 saturated carbocycles. The summed E-state index contributed by atoms with van der Waals surface area (Å²) in [6, 6.07) is 14.7. The molecule has 2 aromatic carbocycles. The van der Waals surface area contributed by atoms with Gasteiger partial charge >= 0.3 is 5.97 Å². The number of benzene rings is 2. The van der Waals surface area contributed by atoms with Gasteiger partial charge in [0.05, 0.1) is 32.3 Å². The third-order valence-corrected chi connectivity index (χ3v) is 5.16. The number of rotatable bonds is 10. The number of carbonyl (C=O) groups is 2. The summed E-state index contributed by atoms with van der Waals surface area (Å²) in [5.41, 5.74) is 2.50. The predicted molar refractivity (Wildman–Crippen MR) is 119 cm³/mol. The molecule has 0 radical (unpaired) electrons. The Kier molecular flexibility index (Phi) is 8.00. The second kappa shape index (κ2) is 11.1. The number of aromatic nitrogens is 1. The topological polar surface area (TPSA) is 86.8 Å². The fraction of sp³-hybridized carbons (Fsp3) is 0.261. The third kappa shape index (κ3) is 7.42. The van der Waals surface area contributed by atoms with Crippen LogP contribution in [0.5, 0.6) is 11.5 Å². The lowest BCUT2D eigenvalue weighted by Crippen LogP contribution is -2.14. The fourth-order valence-corrected chi connectivity index (χ4v) is 3.40. The number of hydrogen-bond donors (Lipinski definition) is 1. The van der Waals surface area contributed by atoms with Crippen LogP contribution in [0.4, 0.5) is 5.69 Å². The summed E-state index contributed by atoms with van der Waals surface area (Å²) in [7, 11) is 1.59. The Morgan fingerprint density at radius 2 is 1.74 bits per heavy atom. The molecule has 7 nitrogen and oxygen atoms in total. The number of thiazole rings is 1. The van der Waals surface area contributed by atoms with E-state index in [1.807, 2.05) is 31.2 Å². The molecule has 3 rings (SSSR count). The van der Waals surface area contributed by atoms with E-state index in [2.05, 4.69) is 10.3 Å². The van der Waals surface area contributed by atoms with Crippen LogP contribution >= 0.6 is 11.3 Å². The number of hydrogen-bond acceptors (Lipinski definition) is 7. The summed E-state index contributed by atoms with van der Waals surface area (Å²) < 4.78 is 15.8. The van der Waals surface area contributed by atoms with E-state index in [-0.39, 0.29) is 37.9 Å². The van der Waals surface area contributed by atoms with E-state index in [4.69, 9.17) is 14.2 Å². The van der Waals surface area contributed by atoms with Gasteiger partial charge < -0.3 is 19.5 Å². The average molecular weight is 441 g/mol. The number of aryl methyl sites for hydroxylation is 1. The molecule has 1 heterocycles. The molecule has 3 aromatic rings. The van der Waals surface area contributed by atoms with Crippen molar-refractivity contribution in [2.75, 3.05) is 19.0 Å². The van der Waals surface area contributed by atoms with Gasteiger partial charge in [0, 0.05) is 11.1 Å². The highest BCUT2D eigenvalue weighted by Crippen LogP contribution is 2.17. The number of ether oxygens (including phenoxy) is 3. The van der Waals surface area contributed by atoms with Crippen LogP contribution in [0.25, 0.3) is 0 Å². The minimum Gasteiger partial charge on any atom is -0.497 e. The molecule has 0 spiro atoms. The van der Waals surface area contributed by atoms with Gasteiger partial charge in [0.1, 0.15) is 23.1 Å². The van der Waals surface area contributed by atoms with E-state index in [0.717, 1.165) is 17.0 Å². The van der Waals surface area contributed by atoms with Crippen LogP contribution < -0.4 is 14.8 Å². The third-order valence-electron chi connectivity index (χ3n) is 4.26. The molecular formula is C23H24N2O5S. The molecule has 0 bridgehead atoms. The molecule has 1 aromatic heterocycles. The van der Waals surface area contributed by atoms with E-state index in [0.29, 0.717) is 16.5 Å². The normalized spacial score (nSPS) is 10.4. The first-order valence-electron chi connectivity index (χ1n) is 9.74. The van der Waals surface area contributed by atoms with Crippen LogP contribution in [0.1, 0.15) is 22.7 Å². The van der Waals surface area contributed by atoms with Gasteiger partial charge in [0.25, 0.3) is 0 Å². The highest BCUT2D eigenvalue weighted by Gasteiger charge is 2.10. The maximum absolute atomic E-state index is 12.2. The van der Waals surface area contributed by atoms with Crippen molar-refractivity contribution in [2.24, 2.45) is 0 Å². The number of amides is 1. The largest absolute Gasteiger partial charge is 0.497 e. The summed E-state index contributed by atoms with van der Waals surface area (Å²) in [6.07, 6.45) is 0.296. The van der Waals surface area contributed by atoms with Gasteiger partial charge in [-0.15, -0.1) is 11.3 Å². The van der Waals surface area contributed by atoms with E-state index < -0.39 is 0 Å². The lowest BCUT2D eigenvalue weighted by molar-refractivity contribution is -0.145.